The summed E-state index contributed by atoms with van der Waals surface area (Å²) in [4.78, 5) is 18.8. The highest BCUT2D eigenvalue weighted by molar-refractivity contribution is 5.58. The fourth-order valence-corrected chi connectivity index (χ4v) is 2.26. The molecule has 1 atom stereocenters. The summed E-state index contributed by atoms with van der Waals surface area (Å²) in [6.45, 7) is 3.48. The average molecular weight is 340 g/mol. The number of hydrogen-bond donors (Lipinski definition) is 2. The maximum atomic E-state index is 10.8. The molecule has 3 rings (SSSR count). The number of rotatable bonds is 5. The third-order valence-corrected chi connectivity index (χ3v) is 3.47. The number of nitrogens with zero attached hydrogens (tertiary/aromatic N) is 5. The van der Waals surface area contributed by atoms with Gasteiger partial charge in [0.1, 0.15) is 18.2 Å². The minimum atomic E-state index is -0.575. The van der Waals surface area contributed by atoms with E-state index in [0.29, 0.717) is 11.5 Å². The molecule has 1 aromatic carbocycles. The molecule has 2 aromatic heterocycles. The smallest absolute Gasteiger partial charge is 0.307 e. The van der Waals surface area contributed by atoms with Crippen LogP contribution in [0, 0.1) is 17.0 Å². The summed E-state index contributed by atoms with van der Waals surface area (Å²) in [7, 11) is 0. The highest BCUT2D eigenvalue weighted by Gasteiger charge is 2.13. The zero-order valence-corrected chi connectivity index (χ0v) is 13.6. The molecule has 9 nitrogen and oxygen atoms in total. The predicted octanol–water partition coefficient (Wildman–Crippen LogP) is 2.68. The highest BCUT2D eigenvalue weighted by atomic mass is 16.6. The van der Waals surface area contributed by atoms with Gasteiger partial charge < -0.3 is 10.4 Å². The van der Waals surface area contributed by atoms with E-state index in [-0.39, 0.29) is 11.6 Å². The second-order valence-corrected chi connectivity index (χ2v) is 5.52. The summed E-state index contributed by atoms with van der Waals surface area (Å²) in [5.41, 5.74) is 2.08. The fraction of sp³-hybridized carbons (Fsp3) is 0.188. The molecule has 3 aromatic rings. The van der Waals surface area contributed by atoms with Crippen LogP contribution in [0.25, 0.3) is 5.95 Å². The standard InChI is InChI=1S/C16H16N6O3/c1-10-6-15(19-13-5-3-4-12(7-13)11(2)23)20-16(18-10)21-9-14(8-17-21)22(24)25/h3-9,11,23H,1-2H3,(H,18,19,20)/t11-/m0/s1. The molecule has 0 radical (unpaired) electrons. The second-order valence-electron chi connectivity index (χ2n) is 5.52. The largest absolute Gasteiger partial charge is 0.389 e. The van der Waals surface area contributed by atoms with Crippen LogP contribution in [0.15, 0.2) is 42.7 Å². The summed E-state index contributed by atoms with van der Waals surface area (Å²) in [5, 5.41) is 27.5. The van der Waals surface area contributed by atoms with Gasteiger partial charge in [0, 0.05) is 17.4 Å². The molecule has 0 aliphatic rings. The molecule has 0 unspecified atom stereocenters. The third-order valence-electron chi connectivity index (χ3n) is 3.47. The SMILES string of the molecule is Cc1cc(Nc2cccc([C@H](C)O)c2)nc(-n2cc([N+](=O)[O-])cn2)n1. The van der Waals surface area contributed by atoms with Crippen LogP contribution in [-0.2, 0) is 0 Å². The van der Waals surface area contributed by atoms with E-state index in [1.807, 2.05) is 24.3 Å². The van der Waals surface area contributed by atoms with E-state index in [1.165, 1.54) is 10.9 Å². The van der Waals surface area contributed by atoms with Crippen molar-refractivity contribution in [3.63, 3.8) is 0 Å². The molecule has 0 aliphatic heterocycles. The summed E-state index contributed by atoms with van der Waals surface area (Å²) < 4.78 is 1.25. The van der Waals surface area contributed by atoms with E-state index >= 15 is 0 Å². The number of aryl methyl sites for hydroxylation is 1. The van der Waals surface area contributed by atoms with Gasteiger partial charge in [-0.15, -0.1) is 0 Å². The van der Waals surface area contributed by atoms with E-state index in [4.69, 9.17) is 0 Å². The molecule has 0 saturated carbocycles. The number of hydrogen-bond acceptors (Lipinski definition) is 7. The Balaban J connectivity index is 1.91. The topological polar surface area (TPSA) is 119 Å². The van der Waals surface area contributed by atoms with Gasteiger partial charge >= 0.3 is 5.69 Å². The van der Waals surface area contributed by atoms with Crippen molar-refractivity contribution >= 4 is 17.2 Å². The lowest BCUT2D eigenvalue weighted by Crippen LogP contribution is -2.06. The second kappa shape index (κ2) is 6.65. The van der Waals surface area contributed by atoms with Crippen molar-refractivity contribution in [1.82, 2.24) is 19.7 Å². The van der Waals surface area contributed by atoms with Crippen molar-refractivity contribution in [3.05, 3.63) is 64.1 Å². The van der Waals surface area contributed by atoms with E-state index < -0.39 is 11.0 Å². The molecule has 9 heteroatoms. The van der Waals surface area contributed by atoms with Crippen LogP contribution in [0.3, 0.4) is 0 Å². The van der Waals surface area contributed by atoms with Crippen molar-refractivity contribution in [2.24, 2.45) is 0 Å². The van der Waals surface area contributed by atoms with E-state index in [0.717, 1.165) is 17.4 Å². The molecule has 2 heterocycles. The first-order valence-corrected chi connectivity index (χ1v) is 7.52. The zero-order valence-electron chi connectivity index (χ0n) is 13.6. The number of aromatic nitrogens is 4. The van der Waals surface area contributed by atoms with Crippen molar-refractivity contribution < 1.29 is 10.0 Å². The van der Waals surface area contributed by atoms with Gasteiger partial charge in [-0.25, -0.2) is 4.98 Å². The Hall–Kier alpha value is -3.33. The van der Waals surface area contributed by atoms with Gasteiger partial charge in [-0.05, 0) is 31.5 Å². The molecule has 25 heavy (non-hydrogen) atoms. The number of anilines is 2. The fourth-order valence-electron chi connectivity index (χ4n) is 2.26. The van der Waals surface area contributed by atoms with Gasteiger partial charge in [0.05, 0.1) is 11.0 Å². The Morgan fingerprint density at radius 1 is 1.32 bits per heavy atom. The van der Waals surface area contributed by atoms with Gasteiger partial charge in [-0.1, -0.05) is 12.1 Å². The first-order valence-electron chi connectivity index (χ1n) is 7.52. The van der Waals surface area contributed by atoms with E-state index in [2.05, 4.69) is 20.4 Å². The maximum Gasteiger partial charge on any atom is 0.307 e. The first kappa shape index (κ1) is 16.5. The zero-order chi connectivity index (χ0) is 18.0. The van der Waals surface area contributed by atoms with Gasteiger partial charge in [-0.2, -0.15) is 14.8 Å². The number of aliphatic hydroxyl groups excluding tert-OH is 1. The van der Waals surface area contributed by atoms with Crippen LogP contribution in [0.1, 0.15) is 24.3 Å². The molecule has 2 N–H and O–H groups in total. The summed E-state index contributed by atoms with van der Waals surface area (Å²) in [6.07, 6.45) is 1.83. The minimum absolute atomic E-state index is 0.135. The predicted molar refractivity (Wildman–Crippen MR) is 90.9 cm³/mol. The van der Waals surface area contributed by atoms with Crippen LogP contribution >= 0.6 is 0 Å². The number of nitrogens with one attached hydrogen (secondary N) is 1. The Labute approximate surface area is 143 Å². The molecule has 0 bridgehead atoms. The summed E-state index contributed by atoms with van der Waals surface area (Å²) >= 11 is 0. The number of nitro groups is 1. The molecule has 0 fully saturated rings. The van der Waals surface area contributed by atoms with Crippen molar-refractivity contribution in [2.75, 3.05) is 5.32 Å². The third kappa shape index (κ3) is 3.78. The van der Waals surface area contributed by atoms with Gasteiger partial charge in [0.25, 0.3) is 5.95 Å². The molecule has 0 aliphatic carbocycles. The lowest BCUT2D eigenvalue weighted by molar-refractivity contribution is -0.384. The van der Waals surface area contributed by atoms with Crippen LogP contribution in [0.2, 0.25) is 0 Å². The maximum absolute atomic E-state index is 10.8. The summed E-state index contributed by atoms with van der Waals surface area (Å²) in [6, 6.07) is 9.07. The molecule has 0 saturated heterocycles. The highest BCUT2D eigenvalue weighted by Crippen LogP contribution is 2.21. The Kier molecular flexibility index (Phi) is 4.40. The number of aliphatic hydroxyl groups is 1. The molecule has 128 valence electrons. The summed E-state index contributed by atoms with van der Waals surface area (Å²) in [5.74, 6) is 0.741. The van der Waals surface area contributed by atoms with Crippen molar-refractivity contribution in [1.29, 1.82) is 0 Å². The van der Waals surface area contributed by atoms with Crippen LogP contribution in [0.5, 0.6) is 0 Å². The van der Waals surface area contributed by atoms with Crippen LogP contribution in [-0.4, -0.2) is 29.8 Å². The molecular formula is C16H16N6O3. The Bertz CT molecular complexity index is 922. The monoisotopic (exact) mass is 340 g/mol. The normalized spacial score (nSPS) is 12.0. The van der Waals surface area contributed by atoms with Gasteiger partial charge in [0.15, 0.2) is 0 Å². The Morgan fingerprint density at radius 3 is 2.80 bits per heavy atom. The molecule has 0 spiro atoms. The van der Waals surface area contributed by atoms with E-state index in [9.17, 15) is 15.2 Å². The Morgan fingerprint density at radius 2 is 2.12 bits per heavy atom. The molecule has 0 amide bonds. The van der Waals surface area contributed by atoms with E-state index in [1.54, 1.807) is 19.9 Å². The van der Waals surface area contributed by atoms with Gasteiger partial charge in [0.2, 0.25) is 0 Å². The minimum Gasteiger partial charge on any atom is -0.389 e. The number of benzene rings is 1. The lowest BCUT2D eigenvalue weighted by Gasteiger charge is -2.11. The van der Waals surface area contributed by atoms with Crippen molar-refractivity contribution in [3.8, 4) is 5.95 Å². The lowest BCUT2D eigenvalue weighted by atomic mass is 10.1. The molecular weight excluding hydrogens is 324 g/mol. The van der Waals surface area contributed by atoms with Gasteiger partial charge in [-0.3, -0.25) is 10.1 Å². The van der Waals surface area contributed by atoms with Crippen molar-refractivity contribution in [2.45, 2.75) is 20.0 Å². The average Bonchev–Trinajstić information content (AvgIpc) is 3.05. The first-order chi connectivity index (χ1) is 11.9. The quantitative estimate of drug-likeness (QED) is 0.541. The van der Waals surface area contributed by atoms with Crippen LogP contribution < -0.4 is 5.32 Å². The van der Waals surface area contributed by atoms with Crippen LogP contribution in [0.4, 0.5) is 17.2 Å².